The normalized spacial score (nSPS) is 24.4. The van der Waals surface area contributed by atoms with Gasteiger partial charge in [0.1, 0.15) is 7.05 Å². The second-order valence-corrected chi connectivity index (χ2v) is 35.5. The van der Waals surface area contributed by atoms with E-state index in [4.69, 9.17) is 0 Å². The molecule has 0 spiro atoms. The number of pyridine rings is 1. The van der Waals surface area contributed by atoms with E-state index in [9.17, 15) is 0 Å². The van der Waals surface area contributed by atoms with Crippen LogP contribution in [0.2, 0.25) is 0 Å². The molecule has 6 aliphatic rings. The summed E-state index contributed by atoms with van der Waals surface area (Å²) in [6.45, 7) is 56.1. The van der Waals surface area contributed by atoms with Gasteiger partial charge in [-0.2, -0.15) is 0 Å². The van der Waals surface area contributed by atoms with Crippen molar-refractivity contribution < 1.29 is 63.9 Å². The van der Waals surface area contributed by atoms with Gasteiger partial charge in [0.05, 0.1) is 0 Å². The molecule has 1 heterocycles. The van der Waals surface area contributed by atoms with Crippen molar-refractivity contribution in [2.24, 2.45) is 95.8 Å². The van der Waals surface area contributed by atoms with Gasteiger partial charge in [0.2, 0.25) is 5.69 Å². The third-order valence-electron chi connectivity index (χ3n) is 29.3. The Hall–Kier alpha value is -4.40. The van der Waals surface area contributed by atoms with E-state index in [2.05, 4.69) is 330 Å². The van der Waals surface area contributed by atoms with Gasteiger partial charge in [0, 0.05) is 17.7 Å². The van der Waals surface area contributed by atoms with Crippen molar-refractivity contribution in [2.75, 3.05) is 0 Å². The smallest absolute Gasteiger partial charge is 0.358 e. The number of hydrogen-bond donors (Lipinski definition) is 0. The summed E-state index contributed by atoms with van der Waals surface area (Å²) in [6.07, 6.45) is 18.8. The predicted molar refractivity (Wildman–Crippen MR) is 497 cm³/mol. The molecule has 0 bridgehead atoms. The molecule has 6 fully saturated rings. The quantitative estimate of drug-likeness (QED) is 0.105. The first kappa shape index (κ1) is 111. The van der Waals surface area contributed by atoms with Gasteiger partial charge in [-0.25, -0.2) is 4.57 Å². The topological polar surface area (TPSA) is 3.88 Å². The molecule has 0 N–H and O–H groups in total. The molecule has 1 nitrogen and oxygen atoms in total. The van der Waals surface area contributed by atoms with Crippen LogP contribution in [0.5, 0.6) is 0 Å². The van der Waals surface area contributed by atoms with Crippen LogP contribution in [0.4, 0.5) is 0 Å². The monoisotopic (exact) mass is 2060 g/mol. The average molecular weight is 2060 g/mol. The van der Waals surface area contributed by atoms with Crippen LogP contribution in [-0.4, -0.2) is 0 Å². The van der Waals surface area contributed by atoms with E-state index in [0.717, 1.165) is 107 Å². The SMILES string of the molecule is C.CC1C(C)C(C)C(C)C1C.CC1C(C)C(C)C(C)C1C.CC1C(C)C(C)C(C)C1C.Cc1ccc(-c2c(C)cc(C3CCCC3)cc2C)cc1.Cc1ccc(-c2ccc(-c3c(C)cc(C4CCCC4)cc3C)cc2)cc1.Cc1ccccc1-c1cc(-c2c(C)cc(C3CCCC3)cc2C)cc[n+]1C.[CH3-].[CH3-].[CH3-].[CH3-].[CH3-].[CH3-].[Os+2].[Os+2].[Os+2]. The maximum Gasteiger partial charge on any atom is 2.00 e. The maximum atomic E-state index is 2.44. The molecule has 7 aromatic carbocycles. The van der Waals surface area contributed by atoms with E-state index in [0.29, 0.717) is 0 Å². The summed E-state index contributed by atoms with van der Waals surface area (Å²) >= 11 is 0. The van der Waals surface area contributed by atoms with E-state index in [1.54, 1.807) is 16.7 Å². The molecule has 0 atom stereocenters. The summed E-state index contributed by atoms with van der Waals surface area (Å²) < 4.78 is 2.23. The second-order valence-electron chi connectivity index (χ2n) is 35.5. The minimum Gasteiger partial charge on any atom is -0.358 e. The minimum atomic E-state index is 0. The summed E-state index contributed by atoms with van der Waals surface area (Å²) in [5.41, 5.74) is 30.5. The predicted octanol–water partition coefficient (Wildman–Crippen LogP) is 32.8. The van der Waals surface area contributed by atoms with E-state index in [1.165, 1.54) is 183 Å². The Morgan fingerprint density at radius 3 is 0.708 bits per heavy atom. The van der Waals surface area contributed by atoms with Crippen molar-refractivity contribution >= 4 is 0 Å². The third kappa shape index (κ3) is 27.1. The third-order valence-corrected chi connectivity index (χ3v) is 29.3. The Bertz CT molecular complexity index is 3730. The van der Waals surface area contributed by atoms with Gasteiger partial charge in [-0.05, 0) is 314 Å². The van der Waals surface area contributed by atoms with Crippen molar-refractivity contribution in [1.29, 1.82) is 0 Å². The van der Waals surface area contributed by atoms with Gasteiger partial charge in [0.15, 0.2) is 6.20 Å². The van der Waals surface area contributed by atoms with Crippen molar-refractivity contribution in [3.05, 3.63) is 263 Å². The Morgan fingerprint density at radius 2 is 0.460 bits per heavy atom. The standard InChI is InChI=1S/C26H30N.C26H28.C20H24.3C10H20.CH4.6CH3.3Os/c1-18-9-5-8-12-24(18)25-17-22(13-14-27(25)4)26-19(2)15-23(16-20(26)3)21-10-6-7-11-21;1-18-8-10-22(11-9-18)23-12-14-24(15-13-23)26-19(2)16-25(17-20(26)3)21-6-4-5-7-21;1-14-8-10-18(11-9-14)20-15(2)12-19(13-16(20)3)17-6-4-5-7-17;3*1-6-7(2)9(4)10(5)8(6)3;;;;;;;;;;/h5,8-9,12-17,21H,6-7,10-11H2,1-4H3;8-17,21H,4-7H2,1-3H3;8-13,17H,4-7H2,1-3H3;3*6-10H,1-5H3;1H4;6*1H3;;;/q+1;;;;;;;6*-1;3*+2. The first-order valence-electron chi connectivity index (χ1n) is 41.6. The molecular formula is C109H164NOs3+. The van der Waals surface area contributed by atoms with E-state index in [-0.39, 0.29) is 111 Å². The number of nitrogens with zero attached hydrogens (tertiary/aromatic N) is 1. The summed E-state index contributed by atoms with van der Waals surface area (Å²) in [5, 5.41) is 0. The molecule has 628 valence electrons. The van der Waals surface area contributed by atoms with Gasteiger partial charge >= 0.3 is 59.4 Å². The van der Waals surface area contributed by atoms with Crippen LogP contribution in [0.15, 0.2) is 152 Å². The number of benzene rings is 7. The molecular weight excluding hydrogens is 1890 g/mol. The molecule has 1 aromatic heterocycles. The number of aryl methyl sites for hydroxylation is 10. The Balaban J connectivity index is 0. The first-order chi connectivity index (χ1) is 49.0. The molecule has 6 aliphatic carbocycles. The zero-order valence-corrected chi connectivity index (χ0v) is 84.4. The second kappa shape index (κ2) is 50.5. The van der Waals surface area contributed by atoms with Crippen LogP contribution in [0.3, 0.4) is 0 Å². The van der Waals surface area contributed by atoms with E-state index in [1.807, 2.05) is 0 Å². The fraction of sp³-hybridized carbons (Fsp3) is 0.514. The molecule has 0 radical (unpaired) electrons. The Morgan fingerprint density at radius 1 is 0.248 bits per heavy atom. The number of rotatable bonds is 8. The summed E-state index contributed by atoms with van der Waals surface area (Å²) in [5.74, 6) is 16.4. The van der Waals surface area contributed by atoms with Crippen LogP contribution in [0.25, 0.3) is 55.8 Å². The van der Waals surface area contributed by atoms with Crippen LogP contribution in [-0.2, 0) is 66.4 Å². The minimum absolute atomic E-state index is 0. The van der Waals surface area contributed by atoms with Crippen LogP contribution in [0.1, 0.15) is 273 Å². The molecule has 8 aromatic rings. The summed E-state index contributed by atoms with van der Waals surface area (Å²) in [4.78, 5) is 0. The molecule has 14 rings (SSSR count). The van der Waals surface area contributed by atoms with E-state index >= 15 is 0 Å². The van der Waals surface area contributed by atoms with Crippen molar-refractivity contribution in [1.82, 2.24) is 0 Å². The molecule has 6 saturated carbocycles. The number of hydrogen-bond acceptors (Lipinski definition) is 0. The fourth-order valence-corrected chi connectivity index (χ4v) is 20.2. The van der Waals surface area contributed by atoms with Gasteiger partial charge < -0.3 is 44.6 Å². The summed E-state index contributed by atoms with van der Waals surface area (Å²) in [7, 11) is 2.13. The van der Waals surface area contributed by atoms with Crippen LogP contribution >= 0.6 is 0 Å². The maximum absolute atomic E-state index is 2.44. The molecule has 0 saturated heterocycles. The van der Waals surface area contributed by atoms with Gasteiger partial charge in [-0.3, -0.25) is 0 Å². The number of aromatic nitrogens is 1. The van der Waals surface area contributed by atoms with Crippen LogP contribution < -0.4 is 4.57 Å². The van der Waals surface area contributed by atoms with E-state index < -0.39 is 0 Å². The zero-order valence-electron chi connectivity index (χ0n) is 76.8. The molecule has 113 heavy (non-hydrogen) atoms. The molecule has 4 heteroatoms. The van der Waals surface area contributed by atoms with Crippen molar-refractivity contribution in [2.45, 2.75) is 268 Å². The van der Waals surface area contributed by atoms with Gasteiger partial charge in [-0.15, -0.1) is 0 Å². The molecule has 0 unspecified atom stereocenters. The molecule has 0 aliphatic heterocycles. The van der Waals surface area contributed by atoms with Crippen molar-refractivity contribution in [3.8, 4) is 55.8 Å². The fourth-order valence-electron chi connectivity index (χ4n) is 20.2. The zero-order chi connectivity index (χ0) is 74.8. The van der Waals surface area contributed by atoms with Gasteiger partial charge in [0.25, 0.3) is 0 Å². The summed E-state index contributed by atoms with van der Waals surface area (Å²) in [6, 6.07) is 54.6. The van der Waals surface area contributed by atoms with Crippen molar-refractivity contribution in [3.63, 3.8) is 0 Å². The van der Waals surface area contributed by atoms with Gasteiger partial charge in [-0.1, -0.05) is 288 Å². The first-order valence-corrected chi connectivity index (χ1v) is 41.6. The molecule has 0 amide bonds. The average Bonchev–Trinajstić information content (AvgIpc) is 1.76. The Kier molecular flexibility index (Phi) is 49.4. The Labute approximate surface area is 740 Å². The van der Waals surface area contributed by atoms with Crippen LogP contribution in [0, 0.1) is 196 Å². The largest absolute Gasteiger partial charge is 2.00 e.